The molecule has 38 heavy (non-hydrogen) atoms. The molecule has 0 spiro atoms. The normalized spacial score (nSPS) is 21.1. The fourth-order valence-electron chi connectivity index (χ4n) is 4.51. The van der Waals surface area contributed by atoms with Crippen LogP contribution in [0.1, 0.15) is 48.7 Å². The lowest BCUT2D eigenvalue weighted by Crippen LogP contribution is -2.41. The number of benzene rings is 2. The Morgan fingerprint density at radius 3 is 2.08 bits per heavy atom. The number of hydrogen-bond donors (Lipinski definition) is 0. The number of alkyl halides is 4. The second-order valence-corrected chi connectivity index (χ2v) is 8.95. The largest absolute Gasteiger partial charge is 0.491 e. The molecule has 2 aliphatic carbocycles. The van der Waals surface area contributed by atoms with E-state index >= 15 is 22.0 Å². The van der Waals surface area contributed by atoms with Crippen molar-refractivity contribution in [3.63, 3.8) is 0 Å². The first-order valence-electron chi connectivity index (χ1n) is 11.7. The molecule has 1 unspecified atom stereocenters. The highest BCUT2D eigenvalue weighted by molar-refractivity contribution is 5.92. The smallest absolute Gasteiger partial charge is 0.343 e. The van der Waals surface area contributed by atoms with Gasteiger partial charge in [-0.3, -0.25) is 0 Å². The molecule has 0 bridgehead atoms. The molecule has 2 aliphatic rings. The number of carbonyl (C=O) groups excluding carboxylic acids is 1. The molecule has 204 valence electrons. The number of carbonyl (C=O) groups is 1. The van der Waals surface area contributed by atoms with Crippen LogP contribution in [-0.4, -0.2) is 31.4 Å². The second kappa shape index (κ2) is 9.76. The lowest BCUT2D eigenvalue weighted by atomic mass is 9.79. The van der Waals surface area contributed by atoms with E-state index in [1.165, 1.54) is 19.9 Å². The number of hydrogen-bond acceptors (Lipinski definition) is 4. The Morgan fingerprint density at radius 2 is 1.50 bits per heavy atom. The van der Waals surface area contributed by atoms with Gasteiger partial charge in [-0.15, -0.1) is 0 Å². The van der Waals surface area contributed by atoms with E-state index in [0.717, 1.165) is 30.3 Å². The fourth-order valence-corrected chi connectivity index (χ4v) is 4.51. The molecule has 0 N–H and O–H groups in total. The monoisotopic (exact) mass is 544 g/mol. The molecule has 0 heterocycles. The summed E-state index contributed by atoms with van der Waals surface area (Å²) in [7, 11) is 0. The summed E-state index contributed by atoms with van der Waals surface area (Å²) in [6, 6.07) is 3.51. The molecular formula is C27H23F7O4. The summed E-state index contributed by atoms with van der Waals surface area (Å²) in [4.78, 5) is 12.6. The number of ether oxygens (including phenoxy) is 3. The average Bonchev–Trinajstić information content (AvgIpc) is 2.84. The fraction of sp³-hybridized carbons (Fsp3) is 0.370. The van der Waals surface area contributed by atoms with Gasteiger partial charge >= 0.3 is 17.8 Å². The Bertz CT molecular complexity index is 1350. The molecule has 0 saturated carbocycles. The number of esters is 1. The van der Waals surface area contributed by atoms with E-state index in [0.29, 0.717) is 0 Å². The van der Waals surface area contributed by atoms with E-state index in [1.807, 2.05) is 0 Å². The van der Waals surface area contributed by atoms with Gasteiger partial charge in [-0.1, -0.05) is 12.1 Å². The van der Waals surface area contributed by atoms with Crippen LogP contribution >= 0.6 is 0 Å². The molecule has 0 radical (unpaired) electrons. The number of halogens is 7. The van der Waals surface area contributed by atoms with Crippen LogP contribution in [0.25, 0.3) is 11.1 Å². The molecule has 0 saturated heterocycles. The van der Waals surface area contributed by atoms with Crippen LogP contribution in [0, 0.1) is 11.6 Å². The van der Waals surface area contributed by atoms with E-state index in [4.69, 9.17) is 14.2 Å². The van der Waals surface area contributed by atoms with Gasteiger partial charge in [0.1, 0.15) is 23.9 Å². The first kappa shape index (κ1) is 27.7. The SMILES string of the molecule is CCOc1ccc2c(c1F)C(F)(F)C(F)(F)c1c-2ccc(C(=O)OCC2=CCC(C)(OCC)C(F)=C2)c1F. The Labute approximate surface area is 213 Å². The second-order valence-electron chi connectivity index (χ2n) is 8.95. The highest BCUT2D eigenvalue weighted by Gasteiger charge is 2.65. The van der Waals surface area contributed by atoms with Crippen LogP contribution in [-0.2, 0) is 21.3 Å². The highest BCUT2D eigenvalue weighted by atomic mass is 19.3. The van der Waals surface area contributed by atoms with Gasteiger partial charge in [-0.05, 0) is 61.7 Å². The van der Waals surface area contributed by atoms with Crippen molar-refractivity contribution in [2.45, 2.75) is 44.6 Å². The summed E-state index contributed by atoms with van der Waals surface area (Å²) in [6.07, 6.45) is 2.73. The summed E-state index contributed by atoms with van der Waals surface area (Å²) < 4.78 is 120. The molecule has 0 amide bonds. The minimum atomic E-state index is -5.22. The molecule has 4 rings (SSSR count). The third-order valence-corrected chi connectivity index (χ3v) is 6.48. The summed E-state index contributed by atoms with van der Waals surface area (Å²) >= 11 is 0. The minimum absolute atomic E-state index is 0.112. The van der Waals surface area contributed by atoms with Gasteiger partial charge in [0.15, 0.2) is 11.6 Å². The lowest BCUT2D eigenvalue weighted by molar-refractivity contribution is -0.227. The summed E-state index contributed by atoms with van der Waals surface area (Å²) in [5.41, 5.74) is -6.78. The summed E-state index contributed by atoms with van der Waals surface area (Å²) in [6.45, 7) is 4.28. The van der Waals surface area contributed by atoms with E-state index in [1.54, 1.807) is 6.92 Å². The van der Waals surface area contributed by atoms with Crippen molar-refractivity contribution in [2.75, 3.05) is 19.8 Å². The van der Waals surface area contributed by atoms with Gasteiger partial charge in [0.2, 0.25) is 0 Å². The van der Waals surface area contributed by atoms with Crippen molar-refractivity contribution in [3.8, 4) is 16.9 Å². The van der Waals surface area contributed by atoms with Crippen molar-refractivity contribution in [1.82, 2.24) is 0 Å². The molecule has 2 aromatic carbocycles. The zero-order valence-electron chi connectivity index (χ0n) is 20.6. The van der Waals surface area contributed by atoms with Gasteiger partial charge in [-0.25, -0.2) is 18.0 Å². The predicted molar refractivity (Wildman–Crippen MR) is 123 cm³/mol. The third kappa shape index (κ3) is 4.26. The number of fused-ring (bicyclic) bond motifs is 3. The van der Waals surface area contributed by atoms with Crippen LogP contribution in [0.15, 0.2) is 47.8 Å². The lowest BCUT2D eigenvalue weighted by Gasteiger charge is -2.35. The van der Waals surface area contributed by atoms with Crippen molar-refractivity contribution >= 4 is 5.97 Å². The van der Waals surface area contributed by atoms with Crippen LogP contribution in [0.5, 0.6) is 5.75 Å². The maximum Gasteiger partial charge on any atom is 0.343 e. The van der Waals surface area contributed by atoms with E-state index in [2.05, 4.69) is 0 Å². The molecule has 1 atom stereocenters. The number of rotatable bonds is 7. The third-order valence-electron chi connectivity index (χ3n) is 6.48. The zero-order valence-corrected chi connectivity index (χ0v) is 20.6. The average molecular weight is 544 g/mol. The minimum Gasteiger partial charge on any atom is -0.491 e. The van der Waals surface area contributed by atoms with Crippen molar-refractivity contribution in [1.29, 1.82) is 0 Å². The molecule has 4 nitrogen and oxygen atoms in total. The quantitative estimate of drug-likeness (QED) is 0.270. The van der Waals surface area contributed by atoms with Gasteiger partial charge in [0.25, 0.3) is 0 Å². The maximum absolute atomic E-state index is 15.3. The van der Waals surface area contributed by atoms with Crippen LogP contribution in [0.2, 0.25) is 0 Å². The van der Waals surface area contributed by atoms with Crippen LogP contribution in [0.4, 0.5) is 30.7 Å². The predicted octanol–water partition coefficient (Wildman–Crippen LogP) is 7.36. The molecule has 0 aliphatic heterocycles. The van der Waals surface area contributed by atoms with E-state index in [-0.39, 0.29) is 25.2 Å². The molecule has 2 aromatic rings. The van der Waals surface area contributed by atoms with Crippen LogP contribution in [0.3, 0.4) is 0 Å². The Morgan fingerprint density at radius 1 is 0.895 bits per heavy atom. The van der Waals surface area contributed by atoms with Crippen molar-refractivity contribution in [2.24, 2.45) is 0 Å². The van der Waals surface area contributed by atoms with Crippen molar-refractivity contribution < 1.29 is 49.7 Å². The molecule has 11 heteroatoms. The van der Waals surface area contributed by atoms with Gasteiger partial charge < -0.3 is 14.2 Å². The van der Waals surface area contributed by atoms with E-state index in [9.17, 15) is 13.6 Å². The molecule has 0 fully saturated rings. The Kier molecular flexibility index (Phi) is 7.11. The molecule has 0 aromatic heterocycles. The summed E-state index contributed by atoms with van der Waals surface area (Å²) in [5.74, 6) is -16.7. The zero-order chi connectivity index (χ0) is 28.0. The molecular weight excluding hydrogens is 521 g/mol. The standard InChI is InChI=1S/C27H23F7O4/c1-4-36-18-9-8-16-15-6-7-17(22(29)20(15)26(31,32)27(33,34)21(16)23(18)30)24(35)37-13-14-10-11-25(3,38-5-2)19(28)12-14/h6-10,12H,4-5,11,13H2,1-3H3. The highest BCUT2D eigenvalue weighted by Crippen LogP contribution is 2.60. The topological polar surface area (TPSA) is 44.8 Å². The maximum atomic E-state index is 15.3. The summed E-state index contributed by atoms with van der Waals surface area (Å²) in [5, 5.41) is 0. The van der Waals surface area contributed by atoms with Gasteiger partial charge in [0.05, 0.1) is 23.3 Å². The van der Waals surface area contributed by atoms with E-state index < -0.39 is 81.1 Å². The van der Waals surface area contributed by atoms with Gasteiger partial charge in [-0.2, -0.15) is 17.6 Å². The van der Waals surface area contributed by atoms with Gasteiger partial charge in [0, 0.05) is 13.0 Å². The van der Waals surface area contributed by atoms with Crippen LogP contribution < -0.4 is 4.74 Å². The Hall–Kier alpha value is -3.34. The van der Waals surface area contributed by atoms with Crippen molar-refractivity contribution in [3.05, 3.63) is 76.1 Å². The first-order valence-corrected chi connectivity index (χ1v) is 11.7. The Balaban J connectivity index is 1.68. The first-order chi connectivity index (χ1) is 17.8.